The van der Waals surface area contributed by atoms with Crippen molar-refractivity contribution in [3.8, 4) is 0 Å². The fourth-order valence-corrected chi connectivity index (χ4v) is 2.85. The first-order valence-electron chi connectivity index (χ1n) is 8.49. The summed E-state index contributed by atoms with van der Waals surface area (Å²) in [7, 11) is 0. The number of rotatable bonds is 3. The summed E-state index contributed by atoms with van der Waals surface area (Å²) in [6, 6.07) is 7.13. The van der Waals surface area contributed by atoms with E-state index in [1.807, 2.05) is 29.2 Å². The van der Waals surface area contributed by atoms with Gasteiger partial charge in [0, 0.05) is 18.7 Å². The van der Waals surface area contributed by atoms with Crippen molar-refractivity contribution >= 4 is 11.8 Å². The Morgan fingerprint density at radius 3 is 2.13 bits per heavy atom. The van der Waals surface area contributed by atoms with E-state index >= 15 is 0 Å². The van der Waals surface area contributed by atoms with Gasteiger partial charge in [-0.05, 0) is 49.3 Å². The van der Waals surface area contributed by atoms with Crippen LogP contribution in [0.25, 0.3) is 0 Å². The van der Waals surface area contributed by atoms with E-state index in [2.05, 4.69) is 26.1 Å². The molecular weight excluding hydrogens is 288 g/mol. The van der Waals surface area contributed by atoms with Crippen LogP contribution in [0.2, 0.25) is 0 Å². The standard InChI is InChI=1S/C19H28N2O2/c1-14(18(23)21-12-6-5-7-13-21)20-17(22)15-8-10-16(11-9-15)19(2,3)4/h8-11,14H,5-7,12-13H2,1-4H3,(H,20,22)/t14-/m1/s1. The van der Waals surface area contributed by atoms with Crippen LogP contribution in [0.1, 0.15) is 62.9 Å². The van der Waals surface area contributed by atoms with E-state index in [1.54, 1.807) is 6.92 Å². The minimum Gasteiger partial charge on any atom is -0.341 e. The Morgan fingerprint density at radius 2 is 1.61 bits per heavy atom. The fourth-order valence-electron chi connectivity index (χ4n) is 2.85. The Labute approximate surface area is 139 Å². The zero-order valence-corrected chi connectivity index (χ0v) is 14.7. The van der Waals surface area contributed by atoms with Crippen LogP contribution in [-0.2, 0) is 10.2 Å². The lowest BCUT2D eigenvalue weighted by Gasteiger charge is -2.29. The SMILES string of the molecule is C[C@@H](NC(=O)c1ccc(C(C)(C)C)cc1)C(=O)N1CCCCC1. The zero-order chi connectivity index (χ0) is 17.0. The molecule has 1 aliphatic rings. The first-order valence-corrected chi connectivity index (χ1v) is 8.49. The molecule has 1 atom stereocenters. The van der Waals surface area contributed by atoms with Crippen LogP contribution in [0, 0.1) is 0 Å². The quantitative estimate of drug-likeness (QED) is 0.931. The molecule has 1 saturated heterocycles. The summed E-state index contributed by atoms with van der Waals surface area (Å²) in [5.74, 6) is -0.173. The summed E-state index contributed by atoms with van der Waals surface area (Å²) >= 11 is 0. The first-order chi connectivity index (χ1) is 10.8. The molecule has 4 nitrogen and oxygen atoms in total. The molecule has 0 aliphatic carbocycles. The van der Waals surface area contributed by atoms with E-state index in [0.29, 0.717) is 5.56 Å². The Morgan fingerprint density at radius 1 is 1.04 bits per heavy atom. The molecule has 0 aromatic heterocycles. The Bertz CT molecular complexity index is 552. The smallest absolute Gasteiger partial charge is 0.251 e. The third-order valence-corrected chi connectivity index (χ3v) is 4.40. The van der Waals surface area contributed by atoms with Gasteiger partial charge in [-0.3, -0.25) is 9.59 Å². The summed E-state index contributed by atoms with van der Waals surface area (Å²) in [5.41, 5.74) is 1.84. The molecule has 0 spiro atoms. The summed E-state index contributed by atoms with van der Waals surface area (Å²) in [6.07, 6.45) is 3.30. The topological polar surface area (TPSA) is 49.4 Å². The molecular formula is C19H28N2O2. The van der Waals surface area contributed by atoms with Crippen molar-refractivity contribution < 1.29 is 9.59 Å². The largest absolute Gasteiger partial charge is 0.341 e. The molecule has 0 unspecified atom stereocenters. The van der Waals surface area contributed by atoms with Gasteiger partial charge in [0.05, 0.1) is 0 Å². The van der Waals surface area contributed by atoms with Crippen LogP contribution >= 0.6 is 0 Å². The zero-order valence-electron chi connectivity index (χ0n) is 14.7. The third kappa shape index (κ3) is 4.57. The van der Waals surface area contributed by atoms with Gasteiger partial charge in [-0.1, -0.05) is 32.9 Å². The number of benzene rings is 1. The number of amides is 2. The van der Waals surface area contributed by atoms with Crippen LogP contribution in [0.5, 0.6) is 0 Å². The highest BCUT2D eigenvalue weighted by atomic mass is 16.2. The second kappa shape index (κ2) is 7.16. The van der Waals surface area contributed by atoms with Crippen molar-refractivity contribution in [2.75, 3.05) is 13.1 Å². The van der Waals surface area contributed by atoms with Gasteiger partial charge in [0.1, 0.15) is 6.04 Å². The van der Waals surface area contributed by atoms with Gasteiger partial charge in [-0.15, -0.1) is 0 Å². The predicted octanol–water partition coefficient (Wildman–Crippen LogP) is 3.11. The van der Waals surface area contributed by atoms with E-state index in [9.17, 15) is 9.59 Å². The van der Waals surface area contributed by atoms with Crippen LogP contribution < -0.4 is 5.32 Å². The summed E-state index contributed by atoms with van der Waals surface area (Å²) < 4.78 is 0. The van der Waals surface area contributed by atoms with Crippen molar-refractivity contribution in [2.45, 2.75) is 58.4 Å². The van der Waals surface area contributed by atoms with Gasteiger partial charge in [0.2, 0.25) is 5.91 Å². The number of carbonyl (C=O) groups excluding carboxylic acids is 2. The molecule has 126 valence electrons. The average Bonchev–Trinajstić information content (AvgIpc) is 2.54. The predicted molar refractivity (Wildman–Crippen MR) is 92.5 cm³/mol. The molecule has 0 radical (unpaired) electrons. The first kappa shape index (κ1) is 17.5. The number of hydrogen-bond donors (Lipinski definition) is 1. The average molecular weight is 316 g/mol. The number of nitrogens with one attached hydrogen (secondary N) is 1. The van der Waals surface area contributed by atoms with E-state index in [0.717, 1.165) is 25.9 Å². The Balaban J connectivity index is 1.96. The van der Waals surface area contributed by atoms with Crippen molar-refractivity contribution in [1.29, 1.82) is 0 Å². The van der Waals surface area contributed by atoms with Crippen molar-refractivity contribution in [3.05, 3.63) is 35.4 Å². The molecule has 1 aliphatic heterocycles. The van der Waals surface area contributed by atoms with Crippen molar-refractivity contribution in [3.63, 3.8) is 0 Å². The summed E-state index contributed by atoms with van der Waals surface area (Å²) in [4.78, 5) is 26.5. The van der Waals surface area contributed by atoms with Gasteiger partial charge >= 0.3 is 0 Å². The molecule has 1 aromatic carbocycles. The maximum atomic E-state index is 12.4. The lowest BCUT2D eigenvalue weighted by molar-refractivity contribution is -0.133. The highest BCUT2D eigenvalue weighted by Crippen LogP contribution is 2.22. The molecule has 23 heavy (non-hydrogen) atoms. The molecule has 1 fully saturated rings. The maximum Gasteiger partial charge on any atom is 0.251 e. The molecule has 1 N–H and O–H groups in total. The van der Waals surface area contributed by atoms with Crippen LogP contribution in [-0.4, -0.2) is 35.8 Å². The van der Waals surface area contributed by atoms with Gasteiger partial charge in [0.15, 0.2) is 0 Å². The molecule has 1 aromatic rings. The fraction of sp³-hybridized carbons (Fsp3) is 0.579. The highest BCUT2D eigenvalue weighted by molar-refractivity contribution is 5.97. The van der Waals surface area contributed by atoms with E-state index in [4.69, 9.17) is 0 Å². The van der Waals surface area contributed by atoms with Crippen LogP contribution in [0.4, 0.5) is 0 Å². The van der Waals surface area contributed by atoms with E-state index in [1.165, 1.54) is 12.0 Å². The lowest BCUT2D eigenvalue weighted by atomic mass is 9.86. The number of carbonyl (C=O) groups is 2. The molecule has 2 amide bonds. The minimum atomic E-state index is -0.483. The number of nitrogens with zero attached hydrogens (tertiary/aromatic N) is 1. The van der Waals surface area contributed by atoms with Crippen molar-refractivity contribution in [2.24, 2.45) is 0 Å². The second-order valence-electron chi connectivity index (χ2n) is 7.41. The Hall–Kier alpha value is -1.84. The molecule has 0 bridgehead atoms. The molecule has 1 heterocycles. The lowest BCUT2D eigenvalue weighted by Crippen LogP contribution is -2.48. The number of likely N-dealkylation sites (tertiary alicyclic amines) is 1. The summed E-state index contributed by atoms with van der Waals surface area (Å²) in [5, 5.41) is 2.82. The van der Waals surface area contributed by atoms with E-state index < -0.39 is 6.04 Å². The van der Waals surface area contributed by atoms with Gasteiger partial charge < -0.3 is 10.2 Å². The summed E-state index contributed by atoms with van der Waals surface area (Å²) in [6.45, 7) is 9.79. The number of hydrogen-bond acceptors (Lipinski definition) is 2. The second-order valence-corrected chi connectivity index (χ2v) is 7.41. The molecule has 2 rings (SSSR count). The van der Waals surface area contributed by atoms with Gasteiger partial charge in [-0.2, -0.15) is 0 Å². The number of piperidine rings is 1. The minimum absolute atomic E-state index is 0.0179. The molecule has 4 heteroatoms. The van der Waals surface area contributed by atoms with Crippen molar-refractivity contribution in [1.82, 2.24) is 10.2 Å². The monoisotopic (exact) mass is 316 g/mol. The third-order valence-electron chi connectivity index (χ3n) is 4.40. The highest BCUT2D eigenvalue weighted by Gasteiger charge is 2.23. The van der Waals surface area contributed by atoms with E-state index in [-0.39, 0.29) is 17.2 Å². The normalized spacial score (nSPS) is 16.8. The van der Waals surface area contributed by atoms with Crippen LogP contribution in [0.15, 0.2) is 24.3 Å². The Kier molecular flexibility index (Phi) is 5.45. The van der Waals surface area contributed by atoms with Gasteiger partial charge in [0.25, 0.3) is 5.91 Å². The molecule has 0 saturated carbocycles. The maximum absolute atomic E-state index is 12.4. The van der Waals surface area contributed by atoms with Gasteiger partial charge in [-0.25, -0.2) is 0 Å². The van der Waals surface area contributed by atoms with Crippen LogP contribution in [0.3, 0.4) is 0 Å².